The van der Waals surface area contributed by atoms with Crippen LogP contribution in [0.1, 0.15) is 29.5 Å². The third-order valence-corrected chi connectivity index (χ3v) is 4.05. The monoisotopic (exact) mass is 275 g/mol. The summed E-state index contributed by atoms with van der Waals surface area (Å²) in [6, 6.07) is 6.90. The summed E-state index contributed by atoms with van der Waals surface area (Å²) in [4.78, 5) is 5.16. The minimum atomic E-state index is 0.808. The first-order valence-corrected chi connectivity index (χ1v) is 7.89. The summed E-state index contributed by atoms with van der Waals surface area (Å²) in [5.41, 5.74) is 9.81. The van der Waals surface area contributed by atoms with Gasteiger partial charge in [-0.05, 0) is 58.4 Å². The number of nitrogens with zero attached hydrogens (tertiary/aromatic N) is 2. The van der Waals surface area contributed by atoms with Gasteiger partial charge in [-0.15, -0.1) is 0 Å². The minimum absolute atomic E-state index is 0.808. The van der Waals surface area contributed by atoms with Crippen molar-refractivity contribution >= 4 is 0 Å². The number of hydrogen-bond donors (Lipinski definition) is 1. The van der Waals surface area contributed by atoms with Crippen LogP contribution in [-0.4, -0.2) is 49.1 Å². The number of aryl methyl sites for hydroxylation is 2. The van der Waals surface area contributed by atoms with E-state index in [2.05, 4.69) is 41.8 Å². The molecule has 1 aromatic carbocycles. The van der Waals surface area contributed by atoms with Crippen molar-refractivity contribution in [1.82, 2.24) is 9.80 Å². The maximum atomic E-state index is 5.61. The molecule has 20 heavy (non-hydrogen) atoms. The Kier molecular flexibility index (Phi) is 6.02. The molecular formula is C17H29N3. The van der Waals surface area contributed by atoms with E-state index in [0.29, 0.717) is 0 Å². The fraction of sp³-hybridized carbons (Fsp3) is 0.647. The van der Waals surface area contributed by atoms with Crippen molar-refractivity contribution in [2.45, 2.75) is 33.2 Å². The SMILES string of the molecule is Cc1cc(C)cc(CN2CCCN(CCCN)CC2)c1. The van der Waals surface area contributed by atoms with E-state index in [-0.39, 0.29) is 0 Å². The van der Waals surface area contributed by atoms with E-state index in [1.165, 1.54) is 49.3 Å². The highest BCUT2D eigenvalue weighted by atomic mass is 15.2. The maximum Gasteiger partial charge on any atom is 0.0234 e. The molecule has 1 fully saturated rings. The molecule has 2 N–H and O–H groups in total. The van der Waals surface area contributed by atoms with E-state index >= 15 is 0 Å². The molecule has 0 aromatic heterocycles. The number of benzene rings is 1. The molecule has 0 amide bonds. The average Bonchev–Trinajstić information content (AvgIpc) is 2.60. The van der Waals surface area contributed by atoms with Crippen LogP contribution in [0.15, 0.2) is 18.2 Å². The van der Waals surface area contributed by atoms with Crippen molar-refractivity contribution < 1.29 is 0 Å². The Balaban J connectivity index is 1.87. The topological polar surface area (TPSA) is 32.5 Å². The quantitative estimate of drug-likeness (QED) is 0.894. The van der Waals surface area contributed by atoms with Gasteiger partial charge in [-0.25, -0.2) is 0 Å². The van der Waals surface area contributed by atoms with Gasteiger partial charge in [0.25, 0.3) is 0 Å². The van der Waals surface area contributed by atoms with Crippen LogP contribution in [0, 0.1) is 13.8 Å². The number of hydrogen-bond acceptors (Lipinski definition) is 3. The van der Waals surface area contributed by atoms with Gasteiger partial charge in [0.15, 0.2) is 0 Å². The van der Waals surface area contributed by atoms with Crippen LogP contribution < -0.4 is 5.73 Å². The van der Waals surface area contributed by atoms with Gasteiger partial charge in [0.05, 0.1) is 0 Å². The first kappa shape index (κ1) is 15.5. The van der Waals surface area contributed by atoms with Crippen LogP contribution in [0.25, 0.3) is 0 Å². The van der Waals surface area contributed by atoms with Crippen molar-refractivity contribution in [2.75, 3.05) is 39.3 Å². The van der Waals surface area contributed by atoms with E-state index in [1.54, 1.807) is 0 Å². The molecule has 0 unspecified atom stereocenters. The van der Waals surface area contributed by atoms with Gasteiger partial charge >= 0.3 is 0 Å². The lowest BCUT2D eigenvalue weighted by Crippen LogP contribution is -2.31. The van der Waals surface area contributed by atoms with Gasteiger partial charge < -0.3 is 10.6 Å². The standard InChI is InChI=1S/C17H29N3/c1-15-11-16(2)13-17(12-15)14-20-8-4-7-19(9-10-20)6-3-5-18/h11-13H,3-10,14,18H2,1-2H3. The van der Waals surface area contributed by atoms with Gasteiger partial charge in [-0.2, -0.15) is 0 Å². The maximum absolute atomic E-state index is 5.61. The Hall–Kier alpha value is -0.900. The summed E-state index contributed by atoms with van der Waals surface area (Å²) >= 11 is 0. The highest BCUT2D eigenvalue weighted by Crippen LogP contribution is 2.13. The minimum Gasteiger partial charge on any atom is -0.330 e. The van der Waals surface area contributed by atoms with E-state index in [1.807, 2.05) is 0 Å². The fourth-order valence-corrected chi connectivity index (χ4v) is 3.14. The van der Waals surface area contributed by atoms with Gasteiger partial charge in [-0.1, -0.05) is 29.3 Å². The van der Waals surface area contributed by atoms with Crippen LogP contribution in [0.5, 0.6) is 0 Å². The molecule has 1 aliphatic rings. The Morgan fingerprint density at radius 3 is 2.30 bits per heavy atom. The molecule has 0 atom stereocenters. The summed E-state index contributed by atoms with van der Waals surface area (Å²) < 4.78 is 0. The summed E-state index contributed by atoms with van der Waals surface area (Å²) in [5.74, 6) is 0. The van der Waals surface area contributed by atoms with Crippen molar-refractivity contribution in [3.63, 3.8) is 0 Å². The summed E-state index contributed by atoms with van der Waals surface area (Å²) in [7, 11) is 0. The van der Waals surface area contributed by atoms with Gasteiger partial charge in [0.1, 0.15) is 0 Å². The van der Waals surface area contributed by atoms with Crippen molar-refractivity contribution in [2.24, 2.45) is 5.73 Å². The molecule has 3 heteroatoms. The molecule has 1 aliphatic heterocycles. The highest BCUT2D eigenvalue weighted by molar-refractivity contribution is 5.28. The predicted octanol–water partition coefficient (Wildman–Crippen LogP) is 2.16. The van der Waals surface area contributed by atoms with Gasteiger partial charge in [0, 0.05) is 19.6 Å². The predicted molar refractivity (Wildman–Crippen MR) is 85.9 cm³/mol. The number of rotatable bonds is 5. The zero-order valence-corrected chi connectivity index (χ0v) is 13.1. The van der Waals surface area contributed by atoms with Crippen LogP contribution >= 0.6 is 0 Å². The summed E-state index contributed by atoms with van der Waals surface area (Å²) in [6.45, 7) is 12.2. The van der Waals surface area contributed by atoms with Crippen LogP contribution in [0.3, 0.4) is 0 Å². The molecule has 3 nitrogen and oxygen atoms in total. The smallest absolute Gasteiger partial charge is 0.0234 e. The first-order valence-electron chi connectivity index (χ1n) is 7.89. The molecule has 1 heterocycles. The lowest BCUT2D eigenvalue weighted by molar-refractivity contribution is 0.251. The third-order valence-electron chi connectivity index (χ3n) is 4.05. The third kappa shape index (κ3) is 4.89. The van der Waals surface area contributed by atoms with Gasteiger partial charge in [-0.3, -0.25) is 4.90 Å². The fourth-order valence-electron chi connectivity index (χ4n) is 3.14. The van der Waals surface area contributed by atoms with E-state index < -0.39 is 0 Å². The largest absolute Gasteiger partial charge is 0.330 e. The first-order chi connectivity index (χ1) is 9.67. The van der Waals surface area contributed by atoms with E-state index in [9.17, 15) is 0 Å². The number of nitrogens with two attached hydrogens (primary N) is 1. The average molecular weight is 275 g/mol. The van der Waals surface area contributed by atoms with Crippen molar-refractivity contribution in [3.05, 3.63) is 34.9 Å². The molecule has 0 spiro atoms. The zero-order chi connectivity index (χ0) is 14.4. The molecule has 0 radical (unpaired) electrons. The molecule has 0 saturated carbocycles. The molecule has 0 aliphatic carbocycles. The summed E-state index contributed by atoms with van der Waals surface area (Å²) in [5, 5.41) is 0. The molecular weight excluding hydrogens is 246 g/mol. The molecule has 0 bridgehead atoms. The second-order valence-corrected chi connectivity index (χ2v) is 6.11. The Labute approximate surface area is 123 Å². The van der Waals surface area contributed by atoms with Crippen LogP contribution in [0.4, 0.5) is 0 Å². The second kappa shape index (κ2) is 7.77. The van der Waals surface area contributed by atoms with E-state index in [0.717, 1.165) is 26.1 Å². The highest BCUT2D eigenvalue weighted by Gasteiger charge is 2.14. The van der Waals surface area contributed by atoms with Crippen molar-refractivity contribution in [1.29, 1.82) is 0 Å². The second-order valence-electron chi connectivity index (χ2n) is 6.11. The Morgan fingerprint density at radius 2 is 1.60 bits per heavy atom. The van der Waals surface area contributed by atoms with E-state index in [4.69, 9.17) is 5.73 Å². The van der Waals surface area contributed by atoms with Crippen molar-refractivity contribution in [3.8, 4) is 0 Å². The molecule has 1 saturated heterocycles. The molecule has 2 rings (SSSR count). The van der Waals surface area contributed by atoms with Crippen LogP contribution in [0.2, 0.25) is 0 Å². The Morgan fingerprint density at radius 1 is 0.950 bits per heavy atom. The molecule has 1 aromatic rings. The lowest BCUT2D eigenvalue weighted by atomic mass is 10.1. The van der Waals surface area contributed by atoms with Gasteiger partial charge in [0.2, 0.25) is 0 Å². The zero-order valence-electron chi connectivity index (χ0n) is 13.1. The normalized spacial score (nSPS) is 18.1. The van der Waals surface area contributed by atoms with Crippen LogP contribution in [-0.2, 0) is 6.54 Å². The lowest BCUT2D eigenvalue weighted by Gasteiger charge is -2.22. The molecule has 112 valence electrons. The summed E-state index contributed by atoms with van der Waals surface area (Å²) in [6.07, 6.45) is 2.40. The Bertz CT molecular complexity index is 396.